The number of esters is 1. The van der Waals surface area contributed by atoms with E-state index in [2.05, 4.69) is 5.32 Å². The predicted molar refractivity (Wildman–Crippen MR) is 102 cm³/mol. The Morgan fingerprint density at radius 1 is 0.964 bits per heavy atom. The average molecular weight is 380 g/mol. The molecular weight excluding hydrogens is 360 g/mol. The Balaban J connectivity index is 1.58. The van der Waals surface area contributed by atoms with Crippen molar-refractivity contribution in [3.8, 4) is 0 Å². The molecule has 0 aliphatic carbocycles. The van der Waals surface area contributed by atoms with Crippen molar-refractivity contribution in [2.75, 3.05) is 18.5 Å². The normalized spacial score (nSPS) is 12.7. The van der Waals surface area contributed by atoms with Crippen molar-refractivity contribution < 1.29 is 23.9 Å². The number of benzene rings is 2. The topological polar surface area (TPSA) is 92.8 Å². The molecule has 1 heterocycles. The minimum absolute atomic E-state index is 0.297. The number of carbonyl (C=O) groups is 4. The number of fused-ring (bicyclic) bond motifs is 1. The lowest BCUT2D eigenvalue weighted by Gasteiger charge is -2.13. The van der Waals surface area contributed by atoms with E-state index in [1.807, 2.05) is 6.92 Å². The summed E-state index contributed by atoms with van der Waals surface area (Å²) in [4.78, 5) is 49.6. The van der Waals surface area contributed by atoms with Gasteiger partial charge in [-0.3, -0.25) is 19.3 Å². The number of nitrogens with zero attached hydrogens (tertiary/aromatic N) is 1. The second-order valence-electron chi connectivity index (χ2n) is 6.36. The zero-order valence-corrected chi connectivity index (χ0v) is 15.4. The molecule has 1 aliphatic heterocycles. The van der Waals surface area contributed by atoms with E-state index in [-0.39, 0.29) is 6.54 Å². The van der Waals surface area contributed by atoms with Gasteiger partial charge in [0, 0.05) is 5.69 Å². The van der Waals surface area contributed by atoms with Crippen molar-refractivity contribution >= 4 is 29.4 Å². The molecule has 1 aliphatic rings. The highest BCUT2D eigenvalue weighted by Gasteiger charge is 2.36. The number of ether oxygens (including phenoxy) is 1. The van der Waals surface area contributed by atoms with E-state index < -0.39 is 23.7 Å². The fraction of sp³-hybridized carbons (Fsp3) is 0.238. The largest absolute Gasteiger partial charge is 0.462 e. The maximum Gasteiger partial charge on any atom is 0.338 e. The molecule has 0 spiro atoms. The summed E-state index contributed by atoms with van der Waals surface area (Å²) in [6.45, 7) is 1.99. The van der Waals surface area contributed by atoms with Gasteiger partial charge in [-0.2, -0.15) is 0 Å². The zero-order chi connectivity index (χ0) is 20.1. The Morgan fingerprint density at radius 2 is 1.57 bits per heavy atom. The highest BCUT2D eigenvalue weighted by atomic mass is 16.5. The molecule has 28 heavy (non-hydrogen) atoms. The molecule has 0 bridgehead atoms. The lowest BCUT2D eigenvalue weighted by molar-refractivity contribution is -0.116. The Bertz CT molecular complexity index is 886. The van der Waals surface area contributed by atoms with Gasteiger partial charge in [0.2, 0.25) is 5.91 Å². The van der Waals surface area contributed by atoms with Crippen molar-refractivity contribution in [3.05, 3.63) is 65.2 Å². The first-order chi connectivity index (χ1) is 13.5. The summed E-state index contributed by atoms with van der Waals surface area (Å²) in [5.41, 5.74) is 1.43. The van der Waals surface area contributed by atoms with E-state index in [0.29, 0.717) is 29.0 Å². The van der Waals surface area contributed by atoms with Crippen LogP contribution in [0.25, 0.3) is 0 Å². The number of carbonyl (C=O) groups excluding carboxylic acids is 4. The SMILES string of the molecule is CCCCOC(=O)c1ccc(NC(=O)CN2C(=O)c3ccccc3C2=O)cc1. The van der Waals surface area contributed by atoms with Gasteiger partial charge < -0.3 is 10.1 Å². The molecule has 7 nitrogen and oxygen atoms in total. The first-order valence-electron chi connectivity index (χ1n) is 9.03. The Hall–Kier alpha value is -3.48. The van der Waals surface area contributed by atoms with Crippen LogP contribution in [0.4, 0.5) is 5.69 Å². The minimum Gasteiger partial charge on any atom is -0.462 e. The smallest absolute Gasteiger partial charge is 0.338 e. The molecule has 0 radical (unpaired) electrons. The van der Waals surface area contributed by atoms with Gasteiger partial charge in [-0.25, -0.2) is 4.79 Å². The number of rotatable bonds is 7. The van der Waals surface area contributed by atoms with Gasteiger partial charge in [-0.15, -0.1) is 0 Å². The molecule has 0 saturated heterocycles. The van der Waals surface area contributed by atoms with E-state index >= 15 is 0 Å². The third-order valence-corrected chi connectivity index (χ3v) is 4.32. The van der Waals surface area contributed by atoms with Crippen LogP contribution in [-0.4, -0.2) is 41.7 Å². The van der Waals surface area contributed by atoms with E-state index in [1.54, 1.807) is 48.5 Å². The van der Waals surface area contributed by atoms with Crippen molar-refractivity contribution in [3.63, 3.8) is 0 Å². The molecule has 2 aromatic rings. The van der Waals surface area contributed by atoms with E-state index in [1.165, 1.54) is 0 Å². The lowest BCUT2D eigenvalue weighted by atomic mass is 10.1. The Labute approximate surface area is 162 Å². The maximum atomic E-state index is 12.3. The molecule has 7 heteroatoms. The summed E-state index contributed by atoms with van der Waals surface area (Å²) in [6.07, 6.45) is 1.74. The zero-order valence-electron chi connectivity index (χ0n) is 15.4. The predicted octanol–water partition coefficient (Wildman–Crippen LogP) is 2.88. The second-order valence-corrected chi connectivity index (χ2v) is 6.36. The van der Waals surface area contributed by atoms with E-state index in [0.717, 1.165) is 17.7 Å². The lowest BCUT2D eigenvalue weighted by Crippen LogP contribution is -2.37. The molecule has 144 valence electrons. The van der Waals surface area contributed by atoms with Gasteiger partial charge in [0.1, 0.15) is 6.54 Å². The first-order valence-corrected chi connectivity index (χ1v) is 9.03. The fourth-order valence-corrected chi connectivity index (χ4v) is 2.81. The quantitative estimate of drug-likeness (QED) is 0.453. The molecule has 3 amide bonds. The van der Waals surface area contributed by atoms with Crippen molar-refractivity contribution in [2.24, 2.45) is 0 Å². The van der Waals surface area contributed by atoms with Crippen LogP contribution in [0.5, 0.6) is 0 Å². The molecule has 3 rings (SSSR count). The maximum absolute atomic E-state index is 12.3. The number of unbranched alkanes of at least 4 members (excludes halogenated alkanes) is 1. The number of hydrogen-bond acceptors (Lipinski definition) is 5. The molecule has 0 aromatic heterocycles. The monoisotopic (exact) mass is 380 g/mol. The summed E-state index contributed by atoms with van der Waals surface area (Å²) in [5.74, 6) is -1.90. The number of hydrogen-bond donors (Lipinski definition) is 1. The summed E-state index contributed by atoms with van der Waals surface area (Å²) >= 11 is 0. The molecule has 0 fully saturated rings. The summed E-state index contributed by atoms with van der Waals surface area (Å²) in [5, 5.41) is 2.62. The standard InChI is InChI=1S/C21H20N2O5/c1-2-3-12-28-21(27)14-8-10-15(11-9-14)22-18(24)13-23-19(25)16-6-4-5-7-17(16)20(23)26/h4-11H,2-3,12-13H2,1H3,(H,22,24). The Kier molecular flexibility index (Phi) is 5.84. The van der Waals surface area contributed by atoms with Gasteiger partial charge in [0.05, 0.1) is 23.3 Å². The van der Waals surface area contributed by atoms with Crippen molar-refractivity contribution in [1.82, 2.24) is 4.90 Å². The highest BCUT2D eigenvalue weighted by Crippen LogP contribution is 2.22. The van der Waals surface area contributed by atoms with Crippen LogP contribution in [0.3, 0.4) is 0 Å². The highest BCUT2D eigenvalue weighted by molar-refractivity contribution is 6.22. The number of imide groups is 1. The average Bonchev–Trinajstić information content (AvgIpc) is 2.94. The number of nitrogens with one attached hydrogen (secondary N) is 1. The Morgan fingerprint density at radius 3 is 2.14 bits per heavy atom. The molecule has 0 saturated carbocycles. The van der Waals surface area contributed by atoms with Crippen LogP contribution in [-0.2, 0) is 9.53 Å². The fourth-order valence-electron chi connectivity index (χ4n) is 2.81. The van der Waals surface area contributed by atoms with Crippen molar-refractivity contribution in [2.45, 2.75) is 19.8 Å². The van der Waals surface area contributed by atoms with Crippen LogP contribution in [0.2, 0.25) is 0 Å². The number of amides is 3. The van der Waals surface area contributed by atoms with Crippen LogP contribution in [0.15, 0.2) is 48.5 Å². The molecule has 2 aromatic carbocycles. The first kappa shape index (κ1) is 19.3. The summed E-state index contributed by atoms with van der Waals surface area (Å²) < 4.78 is 5.12. The van der Waals surface area contributed by atoms with Gasteiger partial charge in [-0.1, -0.05) is 25.5 Å². The second kappa shape index (κ2) is 8.47. The third kappa shape index (κ3) is 4.09. The van der Waals surface area contributed by atoms with Gasteiger partial charge in [0.25, 0.3) is 11.8 Å². The minimum atomic E-state index is -0.507. The van der Waals surface area contributed by atoms with Crippen LogP contribution < -0.4 is 5.32 Å². The summed E-state index contributed by atoms with van der Waals surface area (Å²) in [6, 6.07) is 12.7. The molecule has 1 N–H and O–H groups in total. The summed E-state index contributed by atoms with van der Waals surface area (Å²) in [7, 11) is 0. The van der Waals surface area contributed by atoms with Crippen LogP contribution in [0.1, 0.15) is 50.8 Å². The molecular formula is C21H20N2O5. The van der Waals surface area contributed by atoms with Gasteiger partial charge in [0.15, 0.2) is 0 Å². The van der Waals surface area contributed by atoms with Gasteiger partial charge >= 0.3 is 5.97 Å². The van der Waals surface area contributed by atoms with Crippen LogP contribution in [0, 0.1) is 0 Å². The van der Waals surface area contributed by atoms with E-state index in [9.17, 15) is 19.2 Å². The van der Waals surface area contributed by atoms with Gasteiger partial charge in [-0.05, 0) is 42.8 Å². The van der Waals surface area contributed by atoms with Crippen LogP contribution >= 0.6 is 0 Å². The number of anilines is 1. The third-order valence-electron chi connectivity index (χ3n) is 4.32. The van der Waals surface area contributed by atoms with E-state index in [4.69, 9.17) is 4.74 Å². The molecule has 0 unspecified atom stereocenters. The van der Waals surface area contributed by atoms with Crippen molar-refractivity contribution in [1.29, 1.82) is 0 Å². The molecule has 0 atom stereocenters.